The number of H-pyrrole nitrogens is 1. The van der Waals surface area contributed by atoms with Crippen LogP contribution in [0.1, 0.15) is 16.8 Å². The van der Waals surface area contributed by atoms with Gasteiger partial charge in [-0.3, -0.25) is 10.00 Å². The Labute approximate surface area is 124 Å². The van der Waals surface area contributed by atoms with Crippen molar-refractivity contribution in [2.24, 2.45) is 0 Å². The van der Waals surface area contributed by atoms with Gasteiger partial charge in [-0.2, -0.15) is 5.10 Å². The van der Waals surface area contributed by atoms with Crippen molar-refractivity contribution in [3.8, 4) is 5.69 Å². The summed E-state index contributed by atoms with van der Waals surface area (Å²) in [6.45, 7) is 3.86. The van der Waals surface area contributed by atoms with Gasteiger partial charge in [0.05, 0.1) is 12.5 Å². The normalized spacial score (nSPS) is 11.2. The van der Waals surface area contributed by atoms with E-state index in [0.717, 1.165) is 24.5 Å². The summed E-state index contributed by atoms with van der Waals surface area (Å²) in [5.41, 5.74) is 4.80. The molecule has 3 aromatic rings. The zero-order valence-electron chi connectivity index (χ0n) is 12.3. The molecule has 21 heavy (non-hydrogen) atoms. The summed E-state index contributed by atoms with van der Waals surface area (Å²) in [7, 11) is 2.12. The highest BCUT2D eigenvalue weighted by Gasteiger charge is 2.06. The molecule has 1 N–H and O–H groups in total. The van der Waals surface area contributed by atoms with Gasteiger partial charge in [0, 0.05) is 42.4 Å². The lowest BCUT2D eigenvalue weighted by atomic mass is 10.2. The monoisotopic (exact) mass is 281 g/mol. The van der Waals surface area contributed by atoms with E-state index in [4.69, 9.17) is 0 Å². The lowest BCUT2D eigenvalue weighted by Crippen LogP contribution is -2.17. The maximum atomic E-state index is 4.07. The largest absolute Gasteiger partial charge is 0.306 e. The predicted molar refractivity (Wildman–Crippen MR) is 82.1 cm³/mol. The number of rotatable bonds is 5. The molecule has 5 nitrogen and oxygen atoms in total. The summed E-state index contributed by atoms with van der Waals surface area (Å²) < 4.78 is 2.00. The fourth-order valence-electron chi connectivity index (χ4n) is 2.38. The van der Waals surface area contributed by atoms with E-state index < -0.39 is 0 Å². The first-order chi connectivity index (χ1) is 10.2. The molecule has 0 bridgehead atoms. The van der Waals surface area contributed by atoms with Crippen LogP contribution in [0.2, 0.25) is 0 Å². The highest BCUT2D eigenvalue weighted by molar-refractivity contribution is 5.34. The van der Waals surface area contributed by atoms with Gasteiger partial charge < -0.3 is 4.57 Å². The quantitative estimate of drug-likeness (QED) is 0.782. The smallest absolute Gasteiger partial charge is 0.0991 e. The maximum absolute atomic E-state index is 4.07. The number of aromatic nitrogens is 4. The van der Waals surface area contributed by atoms with E-state index in [1.807, 2.05) is 23.3 Å². The van der Waals surface area contributed by atoms with Crippen molar-refractivity contribution >= 4 is 0 Å². The summed E-state index contributed by atoms with van der Waals surface area (Å²) in [5.74, 6) is 0. The molecule has 0 aliphatic carbocycles. The Morgan fingerprint density at radius 2 is 2.00 bits per heavy atom. The van der Waals surface area contributed by atoms with E-state index in [1.54, 1.807) is 6.20 Å². The van der Waals surface area contributed by atoms with Crippen molar-refractivity contribution in [1.29, 1.82) is 0 Å². The third-order valence-electron chi connectivity index (χ3n) is 3.57. The summed E-state index contributed by atoms with van der Waals surface area (Å²) in [6, 6.07) is 8.56. The summed E-state index contributed by atoms with van der Waals surface area (Å²) >= 11 is 0. The molecule has 5 heteroatoms. The number of aromatic amines is 1. The number of nitrogens with zero attached hydrogens (tertiary/aromatic N) is 4. The van der Waals surface area contributed by atoms with Crippen LogP contribution in [0.25, 0.3) is 5.69 Å². The molecule has 2 aromatic heterocycles. The molecular weight excluding hydrogens is 262 g/mol. The van der Waals surface area contributed by atoms with Crippen molar-refractivity contribution in [3.63, 3.8) is 0 Å². The first-order valence-electron chi connectivity index (χ1n) is 6.97. The molecule has 0 atom stereocenters. The van der Waals surface area contributed by atoms with Crippen LogP contribution in [0.3, 0.4) is 0 Å². The zero-order chi connectivity index (χ0) is 14.7. The van der Waals surface area contributed by atoms with E-state index in [2.05, 4.69) is 58.3 Å². The van der Waals surface area contributed by atoms with Gasteiger partial charge in [-0.25, -0.2) is 4.98 Å². The maximum Gasteiger partial charge on any atom is 0.0991 e. The van der Waals surface area contributed by atoms with Gasteiger partial charge in [0.25, 0.3) is 0 Å². The molecule has 0 radical (unpaired) electrons. The SMILES string of the molecule is Cc1[nH]ncc1CN(C)Cc1ccc(-n2ccnc2)cc1. The predicted octanol–water partition coefficient (Wildman–Crippen LogP) is 2.54. The minimum atomic E-state index is 0.894. The Balaban J connectivity index is 1.64. The van der Waals surface area contributed by atoms with Gasteiger partial charge in [0.15, 0.2) is 0 Å². The Kier molecular flexibility index (Phi) is 3.83. The molecule has 2 heterocycles. The first kappa shape index (κ1) is 13.6. The van der Waals surface area contributed by atoms with Crippen molar-refractivity contribution in [2.45, 2.75) is 20.0 Å². The minimum Gasteiger partial charge on any atom is -0.306 e. The van der Waals surface area contributed by atoms with Crippen LogP contribution in [0, 0.1) is 6.92 Å². The Bertz CT molecular complexity index is 682. The van der Waals surface area contributed by atoms with Crippen LogP contribution in [0.5, 0.6) is 0 Å². The second kappa shape index (κ2) is 5.93. The average Bonchev–Trinajstić information content (AvgIpc) is 3.12. The summed E-state index contributed by atoms with van der Waals surface area (Å²) in [6.07, 6.45) is 7.44. The standard InChI is InChI=1S/C16H19N5/c1-13-15(9-18-19-13)11-20(2)10-14-3-5-16(6-4-14)21-8-7-17-12-21/h3-9,12H,10-11H2,1-2H3,(H,18,19). The van der Waals surface area contributed by atoms with E-state index in [0.29, 0.717) is 0 Å². The van der Waals surface area contributed by atoms with Gasteiger partial charge in [-0.1, -0.05) is 12.1 Å². The van der Waals surface area contributed by atoms with E-state index in [9.17, 15) is 0 Å². The van der Waals surface area contributed by atoms with Crippen molar-refractivity contribution in [3.05, 3.63) is 66.0 Å². The third-order valence-corrected chi connectivity index (χ3v) is 3.57. The molecule has 0 unspecified atom stereocenters. The first-order valence-corrected chi connectivity index (χ1v) is 6.97. The van der Waals surface area contributed by atoms with Gasteiger partial charge in [-0.15, -0.1) is 0 Å². The fraction of sp³-hybridized carbons (Fsp3) is 0.250. The Morgan fingerprint density at radius 3 is 2.62 bits per heavy atom. The van der Waals surface area contributed by atoms with Gasteiger partial charge in [0.1, 0.15) is 0 Å². The lowest BCUT2D eigenvalue weighted by Gasteiger charge is -2.16. The van der Waals surface area contributed by atoms with E-state index in [-0.39, 0.29) is 0 Å². The molecule has 0 saturated heterocycles. The lowest BCUT2D eigenvalue weighted by molar-refractivity contribution is 0.318. The van der Waals surface area contributed by atoms with Crippen molar-refractivity contribution < 1.29 is 0 Å². The highest BCUT2D eigenvalue weighted by Crippen LogP contribution is 2.13. The van der Waals surface area contributed by atoms with Crippen LogP contribution in [-0.2, 0) is 13.1 Å². The summed E-state index contributed by atoms with van der Waals surface area (Å²) in [4.78, 5) is 6.35. The molecule has 0 saturated carbocycles. The van der Waals surface area contributed by atoms with Crippen LogP contribution < -0.4 is 0 Å². The average molecular weight is 281 g/mol. The van der Waals surface area contributed by atoms with Crippen LogP contribution in [0.15, 0.2) is 49.2 Å². The fourth-order valence-corrected chi connectivity index (χ4v) is 2.38. The molecular formula is C16H19N5. The molecule has 0 fully saturated rings. The number of benzene rings is 1. The topological polar surface area (TPSA) is 49.7 Å². The molecule has 3 rings (SSSR count). The van der Waals surface area contributed by atoms with Gasteiger partial charge in [0.2, 0.25) is 0 Å². The molecule has 0 aliphatic heterocycles. The zero-order valence-corrected chi connectivity index (χ0v) is 12.3. The number of nitrogens with one attached hydrogen (secondary N) is 1. The van der Waals surface area contributed by atoms with Crippen molar-refractivity contribution in [1.82, 2.24) is 24.6 Å². The second-order valence-electron chi connectivity index (χ2n) is 5.33. The van der Waals surface area contributed by atoms with Crippen LogP contribution in [-0.4, -0.2) is 31.7 Å². The van der Waals surface area contributed by atoms with Crippen LogP contribution in [0.4, 0.5) is 0 Å². The second-order valence-corrected chi connectivity index (χ2v) is 5.33. The van der Waals surface area contributed by atoms with Crippen molar-refractivity contribution in [2.75, 3.05) is 7.05 Å². The minimum absolute atomic E-state index is 0.894. The van der Waals surface area contributed by atoms with Crippen LogP contribution >= 0.6 is 0 Å². The number of hydrogen-bond acceptors (Lipinski definition) is 3. The Hall–Kier alpha value is -2.40. The number of hydrogen-bond donors (Lipinski definition) is 1. The highest BCUT2D eigenvalue weighted by atomic mass is 15.1. The number of aryl methyl sites for hydroxylation is 1. The molecule has 0 amide bonds. The molecule has 108 valence electrons. The molecule has 1 aromatic carbocycles. The third kappa shape index (κ3) is 3.20. The summed E-state index contributed by atoms with van der Waals surface area (Å²) in [5, 5.41) is 7.04. The van der Waals surface area contributed by atoms with E-state index in [1.165, 1.54) is 11.1 Å². The number of imidazole rings is 1. The van der Waals surface area contributed by atoms with E-state index >= 15 is 0 Å². The van der Waals surface area contributed by atoms with Gasteiger partial charge >= 0.3 is 0 Å². The van der Waals surface area contributed by atoms with Gasteiger partial charge in [-0.05, 0) is 31.7 Å². The molecule has 0 aliphatic rings. The Morgan fingerprint density at radius 1 is 1.19 bits per heavy atom. The molecule has 0 spiro atoms.